The van der Waals surface area contributed by atoms with E-state index in [4.69, 9.17) is 14.2 Å². The van der Waals surface area contributed by atoms with Gasteiger partial charge in [-0.25, -0.2) is 0 Å². The summed E-state index contributed by atoms with van der Waals surface area (Å²) in [5.74, 6) is 0.400. The molecule has 1 saturated heterocycles. The van der Waals surface area contributed by atoms with Gasteiger partial charge in [0, 0.05) is 0 Å². The molecule has 1 aromatic heterocycles. The molecular formula is C16H21N3O3Se. The number of ether oxygens (including phenoxy) is 3. The first-order valence-electron chi connectivity index (χ1n) is 7.51. The summed E-state index contributed by atoms with van der Waals surface area (Å²) in [6.45, 7) is 4.61. The molecule has 0 spiro atoms. The molecule has 1 unspecified atom stereocenters. The molecular weight excluding hydrogens is 361 g/mol. The molecule has 2 aromatic rings. The molecule has 0 bridgehead atoms. The molecule has 7 heteroatoms. The summed E-state index contributed by atoms with van der Waals surface area (Å²) in [5.41, 5.74) is 1.99. The second kappa shape index (κ2) is 7.01. The molecule has 0 N–H and O–H groups in total. The van der Waals surface area contributed by atoms with Gasteiger partial charge in [-0.3, -0.25) is 0 Å². The van der Waals surface area contributed by atoms with Gasteiger partial charge in [0.1, 0.15) is 0 Å². The maximum atomic E-state index is 5.82. The monoisotopic (exact) mass is 383 g/mol. The van der Waals surface area contributed by atoms with E-state index in [0.717, 1.165) is 27.8 Å². The molecule has 2 heterocycles. The first kappa shape index (κ1) is 16.5. The Labute approximate surface area is 142 Å². The van der Waals surface area contributed by atoms with Crippen LogP contribution in [-0.2, 0) is 14.8 Å². The van der Waals surface area contributed by atoms with E-state index >= 15 is 0 Å². The fourth-order valence-electron chi connectivity index (χ4n) is 2.37. The van der Waals surface area contributed by atoms with Crippen molar-refractivity contribution in [3.8, 4) is 11.4 Å². The molecule has 3 rings (SSSR count). The summed E-state index contributed by atoms with van der Waals surface area (Å²) in [6, 6.07) is 7.77. The number of hydrogen-bond donors (Lipinski definition) is 0. The Morgan fingerprint density at radius 3 is 2.78 bits per heavy atom. The van der Waals surface area contributed by atoms with E-state index in [-0.39, 0.29) is 6.10 Å². The van der Waals surface area contributed by atoms with Gasteiger partial charge >= 0.3 is 142 Å². The van der Waals surface area contributed by atoms with E-state index in [1.54, 1.807) is 11.8 Å². The summed E-state index contributed by atoms with van der Waals surface area (Å²) >= 11 is 0.426. The molecule has 1 fully saturated rings. The van der Waals surface area contributed by atoms with Crippen molar-refractivity contribution in [2.75, 3.05) is 13.7 Å². The van der Waals surface area contributed by atoms with E-state index < -0.39 is 5.79 Å². The first-order valence-corrected chi connectivity index (χ1v) is 9.93. The Morgan fingerprint density at radius 2 is 2.13 bits per heavy atom. The van der Waals surface area contributed by atoms with Crippen LogP contribution in [0.3, 0.4) is 0 Å². The second-order valence-electron chi connectivity index (χ2n) is 5.82. The van der Waals surface area contributed by atoms with Gasteiger partial charge in [-0.2, -0.15) is 0 Å². The zero-order valence-corrected chi connectivity index (χ0v) is 15.3. The molecule has 6 nitrogen and oxygen atoms in total. The van der Waals surface area contributed by atoms with Gasteiger partial charge in [-0.1, -0.05) is 0 Å². The van der Waals surface area contributed by atoms with Crippen LogP contribution >= 0.6 is 0 Å². The predicted octanol–water partition coefficient (Wildman–Crippen LogP) is 2.05. The topological polar surface area (TPSA) is 58.4 Å². The van der Waals surface area contributed by atoms with Gasteiger partial charge < -0.3 is 0 Å². The van der Waals surface area contributed by atoms with Crippen LogP contribution < -0.4 is 4.74 Å². The fourth-order valence-corrected chi connectivity index (χ4v) is 4.23. The molecule has 0 saturated carbocycles. The predicted molar refractivity (Wildman–Crippen MR) is 87.1 cm³/mol. The normalized spacial score (nSPS) is 19.9. The van der Waals surface area contributed by atoms with Gasteiger partial charge in [-0.15, -0.1) is 0 Å². The number of methoxy groups -OCH3 is 1. The first-order chi connectivity index (χ1) is 11.1. The van der Waals surface area contributed by atoms with Crippen molar-refractivity contribution in [3.63, 3.8) is 0 Å². The van der Waals surface area contributed by atoms with Crippen molar-refractivity contribution in [2.45, 2.75) is 36.4 Å². The van der Waals surface area contributed by atoms with Gasteiger partial charge in [0.05, 0.1) is 0 Å². The summed E-state index contributed by atoms with van der Waals surface area (Å²) < 4.78 is 18.4. The Kier molecular flexibility index (Phi) is 5.02. The zero-order valence-electron chi connectivity index (χ0n) is 13.6. The molecule has 1 aromatic carbocycles. The van der Waals surface area contributed by atoms with Gasteiger partial charge in [-0.05, 0) is 0 Å². The third-order valence-electron chi connectivity index (χ3n) is 3.50. The summed E-state index contributed by atoms with van der Waals surface area (Å²) in [6.07, 6.45) is 2.20. The van der Waals surface area contributed by atoms with Crippen LogP contribution in [0, 0.1) is 0 Å². The molecule has 0 radical (unpaired) electrons. The zero-order chi connectivity index (χ0) is 16.3. The van der Waals surface area contributed by atoms with E-state index in [9.17, 15) is 0 Å². The van der Waals surface area contributed by atoms with Crippen molar-refractivity contribution in [3.05, 3.63) is 36.2 Å². The summed E-state index contributed by atoms with van der Waals surface area (Å²) in [5, 5.41) is 10.4. The Hall–Kier alpha value is -1.40. The van der Waals surface area contributed by atoms with Crippen molar-refractivity contribution < 1.29 is 14.2 Å². The second-order valence-corrected chi connectivity index (χ2v) is 7.98. The quantitative estimate of drug-likeness (QED) is 0.716. The van der Waals surface area contributed by atoms with Crippen LogP contribution in [0.25, 0.3) is 5.69 Å². The van der Waals surface area contributed by atoms with Crippen molar-refractivity contribution in [2.24, 2.45) is 0 Å². The fraction of sp³-hybridized carbons (Fsp3) is 0.500. The molecule has 1 atom stereocenters. The molecule has 1 aliphatic heterocycles. The van der Waals surface area contributed by atoms with Crippen LogP contribution in [0.5, 0.6) is 5.75 Å². The number of nitrogens with zero attached hydrogens (tertiary/aromatic N) is 3. The molecule has 124 valence electrons. The van der Waals surface area contributed by atoms with Gasteiger partial charge in [0.25, 0.3) is 0 Å². The third-order valence-corrected chi connectivity index (χ3v) is 5.82. The average Bonchev–Trinajstić information content (AvgIpc) is 3.14. The number of benzene rings is 1. The van der Waals surface area contributed by atoms with E-state index in [2.05, 4.69) is 10.3 Å². The molecule has 0 amide bonds. The van der Waals surface area contributed by atoms with Crippen molar-refractivity contribution in [1.29, 1.82) is 0 Å². The SMILES string of the molecule is COc1ccc(-n2cc(C[Se]CC3COC(C)(C)O3)nn2)cc1. The van der Waals surface area contributed by atoms with Crippen LogP contribution in [0.1, 0.15) is 19.5 Å². The third kappa shape index (κ3) is 4.32. The average molecular weight is 382 g/mol. The van der Waals surface area contributed by atoms with Crippen LogP contribution in [0.4, 0.5) is 0 Å². The van der Waals surface area contributed by atoms with Gasteiger partial charge in [0.15, 0.2) is 0 Å². The van der Waals surface area contributed by atoms with Crippen molar-refractivity contribution in [1.82, 2.24) is 15.0 Å². The number of aromatic nitrogens is 3. The number of hydrogen-bond acceptors (Lipinski definition) is 5. The Balaban J connectivity index is 1.51. The molecule has 1 aliphatic rings. The maximum absolute atomic E-state index is 5.82. The molecule has 23 heavy (non-hydrogen) atoms. The van der Waals surface area contributed by atoms with Crippen LogP contribution in [0.15, 0.2) is 30.5 Å². The van der Waals surface area contributed by atoms with Crippen LogP contribution in [-0.4, -0.2) is 55.6 Å². The van der Waals surface area contributed by atoms with E-state index in [1.807, 2.05) is 44.3 Å². The van der Waals surface area contributed by atoms with E-state index in [0.29, 0.717) is 21.6 Å². The van der Waals surface area contributed by atoms with E-state index in [1.165, 1.54) is 0 Å². The standard InChI is InChI=1S/C16H21N3O3Se/c1-16(2)21-9-15(22-16)11-23-10-12-8-19(18-17-12)13-4-6-14(20-3)7-5-13/h4-8,15H,9-11H2,1-3H3. The minimum atomic E-state index is -0.432. The van der Waals surface area contributed by atoms with Gasteiger partial charge in [0.2, 0.25) is 0 Å². The summed E-state index contributed by atoms with van der Waals surface area (Å²) in [7, 11) is 1.66. The Bertz CT molecular complexity index is 642. The van der Waals surface area contributed by atoms with Crippen LogP contribution in [0.2, 0.25) is 5.32 Å². The summed E-state index contributed by atoms with van der Waals surface area (Å²) in [4.78, 5) is 0. The Morgan fingerprint density at radius 1 is 1.35 bits per heavy atom. The molecule has 0 aliphatic carbocycles. The van der Waals surface area contributed by atoms with Crippen molar-refractivity contribution >= 4 is 15.0 Å². The minimum absolute atomic E-state index is 0.210. The number of rotatable bonds is 6.